The minimum atomic E-state index is 0.194. The Bertz CT molecular complexity index is 473. The van der Waals surface area contributed by atoms with Crippen LogP contribution in [0.25, 0.3) is 0 Å². The van der Waals surface area contributed by atoms with Crippen LogP contribution in [0.3, 0.4) is 0 Å². The molecule has 4 heteroatoms. The highest BCUT2D eigenvalue weighted by molar-refractivity contribution is 5.20. The van der Waals surface area contributed by atoms with Crippen molar-refractivity contribution < 1.29 is 4.42 Å². The zero-order valence-corrected chi connectivity index (χ0v) is 10.8. The van der Waals surface area contributed by atoms with E-state index in [1.54, 1.807) is 6.26 Å². The topological polar surface area (TPSA) is 43.0 Å². The molecule has 0 aromatic carbocycles. The predicted molar refractivity (Wildman–Crippen MR) is 66.6 cm³/mol. The van der Waals surface area contributed by atoms with Gasteiger partial charge >= 0.3 is 0 Å². The molecular weight excluding hydrogens is 214 g/mol. The Morgan fingerprint density at radius 3 is 2.65 bits per heavy atom. The fraction of sp³-hybridized carbons (Fsp3) is 0.462. The van der Waals surface area contributed by atoms with E-state index < -0.39 is 0 Å². The molecule has 0 amide bonds. The van der Waals surface area contributed by atoms with E-state index in [0.717, 1.165) is 11.5 Å². The molecule has 0 aliphatic heterocycles. The summed E-state index contributed by atoms with van der Waals surface area (Å²) in [4.78, 5) is 0. The number of hydrogen-bond acceptors (Lipinski definition) is 3. The van der Waals surface area contributed by atoms with Crippen molar-refractivity contribution >= 4 is 0 Å². The maximum atomic E-state index is 5.38. The second-order valence-electron chi connectivity index (χ2n) is 4.47. The van der Waals surface area contributed by atoms with Crippen LogP contribution in [-0.2, 0) is 7.05 Å². The lowest BCUT2D eigenvalue weighted by molar-refractivity contribution is 0.402. The lowest BCUT2D eigenvalue weighted by Gasteiger charge is -2.18. The van der Waals surface area contributed by atoms with Crippen molar-refractivity contribution in [2.45, 2.75) is 32.9 Å². The molecule has 1 N–H and O–H groups in total. The number of nitrogens with zero attached hydrogens (tertiary/aromatic N) is 2. The summed E-state index contributed by atoms with van der Waals surface area (Å²) in [5, 5.41) is 7.86. The zero-order valence-electron chi connectivity index (χ0n) is 10.8. The first-order chi connectivity index (χ1) is 8.08. The molecule has 2 atom stereocenters. The molecule has 2 aromatic heterocycles. The van der Waals surface area contributed by atoms with Gasteiger partial charge in [-0.05, 0) is 32.9 Å². The van der Waals surface area contributed by atoms with Gasteiger partial charge in [0.15, 0.2) is 0 Å². The molecule has 2 rings (SSSR count). The zero-order chi connectivity index (χ0) is 12.4. The second kappa shape index (κ2) is 4.75. The first kappa shape index (κ1) is 11.9. The molecule has 2 aromatic rings. The molecule has 0 saturated carbocycles. The summed E-state index contributed by atoms with van der Waals surface area (Å²) in [6.45, 7) is 6.27. The Kier molecular flexibility index (Phi) is 3.33. The summed E-state index contributed by atoms with van der Waals surface area (Å²) in [7, 11) is 1.94. The van der Waals surface area contributed by atoms with Gasteiger partial charge in [-0.2, -0.15) is 5.10 Å². The van der Waals surface area contributed by atoms with Gasteiger partial charge in [0.2, 0.25) is 0 Å². The van der Waals surface area contributed by atoms with Crippen molar-refractivity contribution in [1.29, 1.82) is 0 Å². The molecule has 0 bridgehead atoms. The van der Waals surface area contributed by atoms with E-state index in [0.29, 0.717) is 0 Å². The standard InChI is InChI=1S/C13H19N3O/c1-9(12-8-16(4)15-10(12)2)14-11(3)13-6-5-7-17-13/h5-9,11,14H,1-4H3. The maximum Gasteiger partial charge on any atom is 0.120 e. The molecule has 2 heterocycles. The van der Waals surface area contributed by atoms with Crippen LogP contribution in [-0.4, -0.2) is 9.78 Å². The molecule has 17 heavy (non-hydrogen) atoms. The lowest BCUT2D eigenvalue weighted by atomic mass is 10.1. The average Bonchev–Trinajstić information content (AvgIpc) is 2.87. The number of nitrogens with one attached hydrogen (secondary N) is 1. The highest BCUT2D eigenvalue weighted by Gasteiger charge is 2.16. The van der Waals surface area contributed by atoms with Gasteiger partial charge in [-0.1, -0.05) is 0 Å². The van der Waals surface area contributed by atoms with Gasteiger partial charge in [0.05, 0.1) is 18.0 Å². The van der Waals surface area contributed by atoms with E-state index in [9.17, 15) is 0 Å². The largest absolute Gasteiger partial charge is 0.468 e. The minimum Gasteiger partial charge on any atom is -0.468 e. The van der Waals surface area contributed by atoms with Crippen molar-refractivity contribution in [3.8, 4) is 0 Å². The van der Waals surface area contributed by atoms with Gasteiger partial charge in [-0.25, -0.2) is 0 Å². The molecule has 0 radical (unpaired) electrons. The van der Waals surface area contributed by atoms with E-state index in [1.165, 1.54) is 5.56 Å². The third-order valence-corrected chi connectivity index (χ3v) is 2.99. The molecule has 0 spiro atoms. The first-order valence-electron chi connectivity index (χ1n) is 5.87. The van der Waals surface area contributed by atoms with E-state index in [-0.39, 0.29) is 12.1 Å². The monoisotopic (exact) mass is 233 g/mol. The molecule has 0 aliphatic rings. The van der Waals surface area contributed by atoms with Crippen LogP contribution in [0.5, 0.6) is 0 Å². The summed E-state index contributed by atoms with van der Waals surface area (Å²) < 4.78 is 7.23. The Balaban J connectivity index is 2.06. The number of rotatable bonds is 4. The molecule has 4 nitrogen and oxygen atoms in total. The van der Waals surface area contributed by atoms with Gasteiger partial charge in [0, 0.05) is 24.8 Å². The first-order valence-corrected chi connectivity index (χ1v) is 5.87. The van der Waals surface area contributed by atoms with Crippen molar-refractivity contribution in [1.82, 2.24) is 15.1 Å². The SMILES string of the molecule is Cc1nn(C)cc1C(C)NC(C)c1ccco1. The number of aromatic nitrogens is 2. The van der Waals surface area contributed by atoms with Crippen LogP contribution in [0.15, 0.2) is 29.0 Å². The Morgan fingerprint density at radius 2 is 2.12 bits per heavy atom. The number of aryl methyl sites for hydroxylation is 2. The Labute approximate surface area is 102 Å². The minimum absolute atomic E-state index is 0.194. The Hall–Kier alpha value is -1.55. The van der Waals surface area contributed by atoms with Crippen molar-refractivity contribution in [2.75, 3.05) is 0 Å². The summed E-state index contributed by atoms with van der Waals surface area (Å²) in [5.74, 6) is 0.957. The molecule has 0 aliphatic carbocycles. The highest BCUT2D eigenvalue weighted by atomic mass is 16.3. The van der Waals surface area contributed by atoms with Gasteiger partial charge in [0.1, 0.15) is 5.76 Å². The normalized spacial score (nSPS) is 14.8. The number of furan rings is 1. The molecule has 0 fully saturated rings. The second-order valence-corrected chi connectivity index (χ2v) is 4.47. The van der Waals surface area contributed by atoms with Crippen molar-refractivity contribution in [3.63, 3.8) is 0 Å². The third-order valence-electron chi connectivity index (χ3n) is 2.99. The van der Waals surface area contributed by atoms with Crippen molar-refractivity contribution in [2.24, 2.45) is 7.05 Å². The van der Waals surface area contributed by atoms with Crippen LogP contribution in [0, 0.1) is 6.92 Å². The van der Waals surface area contributed by atoms with Crippen molar-refractivity contribution in [3.05, 3.63) is 41.6 Å². The molecular formula is C13H19N3O. The van der Waals surface area contributed by atoms with E-state index in [4.69, 9.17) is 4.42 Å². The van der Waals surface area contributed by atoms with Gasteiger partial charge in [0.25, 0.3) is 0 Å². The highest BCUT2D eigenvalue weighted by Crippen LogP contribution is 2.21. The molecule has 92 valence electrons. The number of hydrogen-bond donors (Lipinski definition) is 1. The van der Waals surface area contributed by atoms with Crippen LogP contribution < -0.4 is 5.32 Å². The van der Waals surface area contributed by atoms with Gasteiger partial charge in [-0.15, -0.1) is 0 Å². The molecule has 0 saturated heterocycles. The third kappa shape index (κ3) is 2.58. The lowest BCUT2D eigenvalue weighted by Crippen LogP contribution is -2.22. The Morgan fingerprint density at radius 1 is 1.35 bits per heavy atom. The quantitative estimate of drug-likeness (QED) is 0.883. The fourth-order valence-electron chi connectivity index (χ4n) is 2.13. The maximum absolute atomic E-state index is 5.38. The summed E-state index contributed by atoms with van der Waals surface area (Å²) in [5.41, 5.74) is 2.30. The van der Waals surface area contributed by atoms with E-state index in [1.807, 2.05) is 30.8 Å². The summed E-state index contributed by atoms with van der Waals surface area (Å²) in [6.07, 6.45) is 3.76. The smallest absolute Gasteiger partial charge is 0.120 e. The summed E-state index contributed by atoms with van der Waals surface area (Å²) in [6, 6.07) is 4.34. The predicted octanol–water partition coefficient (Wildman–Crippen LogP) is 2.73. The van der Waals surface area contributed by atoms with Crippen LogP contribution in [0.1, 0.15) is 42.9 Å². The van der Waals surface area contributed by atoms with Crippen LogP contribution in [0.4, 0.5) is 0 Å². The summed E-state index contributed by atoms with van der Waals surface area (Å²) >= 11 is 0. The van der Waals surface area contributed by atoms with E-state index >= 15 is 0 Å². The van der Waals surface area contributed by atoms with Gasteiger partial charge in [-0.3, -0.25) is 4.68 Å². The fourth-order valence-corrected chi connectivity index (χ4v) is 2.13. The van der Waals surface area contributed by atoms with Crippen LogP contribution >= 0.6 is 0 Å². The van der Waals surface area contributed by atoms with Crippen LogP contribution in [0.2, 0.25) is 0 Å². The molecule has 2 unspecified atom stereocenters. The van der Waals surface area contributed by atoms with Gasteiger partial charge < -0.3 is 9.73 Å². The average molecular weight is 233 g/mol. The van der Waals surface area contributed by atoms with E-state index in [2.05, 4.69) is 30.5 Å².